The van der Waals surface area contributed by atoms with Gasteiger partial charge in [-0.25, -0.2) is 8.42 Å². The highest BCUT2D eigenvalue weighted by atomic mass is 32.2. The van der Waals surface area contributed by atoms with E-state index in [9.17, 15) is 17.8 Å². The fourth-order valence-corrected chi connectivity index (χ4v) is 4.69. The van der Waals surface area contributed by atoms with Crippen molar-refractivity contribution in [1.29, 1.82) is 0 Å². The molecule has 5 heteroatoms. The standard InChI is InChI=1S/C10H16O4S/c1-9(2)7-3-4-10(9,8(11)5-7)6-15(12,13)14/h7H,3-6H2,1-2H3,(H,12,13,14)/p-1/t7-,10-/m0/s1. The highest BCUT2D eigenvalue weighted by Crippen LogP contribution is 2.64. The molecule has 0 saturated heterocycles. The van der Waals surface area contributed by atoms with Crippen LogP contribution >= 0.6 is 0 Å². The van der Waals surface area contributed by atoms with Crippen LogP contribution in [-0.4, -0.2) is 24.5 Å². The minimum absolute atomic E-state index is 0.0248. The van der Waals surface area contributed by atoms with Gasteiger partial charge in [-0.15, -0.1) is 0 Å². The summed E-state index contributed by atoms with van der Waals surface area (Å²) in [7, 11) is -4.33. The first-order valence-electron chi connectivity index (χ1n) is 5.16. The Labute approximate surface area is 89.8 Å². The first-order valence-corrected chi connectivity index (χ1v) is 6.74. The Bertz CT molecular complexity index is 409. The largest absolute Gasteiger partial charge is 0.748 e. The van der Waals surface area contributed by atoms with Crippen molar-refractivity contribution in [3.63, 3.8) is 0 Å². The minimum atomic E-state index is -4.33. The first-order chi connectivity index (χ1) is 6.69. The number of hydrogen-bond donors (Lipinski definition) is 0. The summed E-state index contributed by atoms with van der Waals surface area (Å²) in [6.07, 6.45) is 1.88. The van der Waals surface area contributed by atoms with Crippen LogP contribution in [0.1, 0.15) is 33.1 Å². The maximum absolute atomic E-state index is 11.8. The van der Waals surface area contributed by atoms with E-state index in [0.717, 1.165) is 6.42 Å². The molecule has 0 heterocycles. The van der Waals surface area contributed by atoms with Crippen molar-refractivity contribution in [3.8, 4) is 0 Å². The maximum atomic E-state index is 11.8. The number of ketones is 1. The fraction of sp³-hybridized carbons (Fsp3) is 0.900. The van der Waals surface area contributed by atoms with Gasteiger partial charge in [-0.3, -0.25) is 4.79 Å². The van der Waals surface area contributed by atoms with Gasteiger partial charge in [0, 0.05) is 11.8 Å². The highest BCUT2D eigenvalue weighted by Gasteiger charge is 2.64. The Hall–Kier alpha value is -0.420. The topological polar surface area (TPSA) is 74.3 Å². The molecule has 2 rings (SSSR count). The number of carbonyl (C=O) groups is 1. The molecule has 0 aliphatic heterocycles. The van der Waals surface area contributed by atoms with E-state index in [4.69, 9.17) is 0 Å². The van der Waals surface area contributed by atoms with Crippen LogP contribution in [0.5, 0.6) is 0 Å². The zero-order valence-electron chi connectivity index (χ0n) is 8.95. The quantitative estimate of drug-likeness (QED) is 0.662. The van der Waals surface area contributed by atoms with E-state index in [2.05, 4.69) is 0 Å². The summed E-state index contributed by atoms with van der Waals surface area (Å²) in [5.41, 5.74) is -1.22. The molecule has 0 N–H and O–H groups in total. The second kappa shape index (κ2) is 2.83. The van der Waals surface area contributed by atoms with Crippen molar-refractivity contribution < 1.29 is 17.8 Å². The number of Topliss-reactive ketones (excluding diaryl/α,β-unsaturated/α-hetero) is 1. The van der Waals surface area contributed by atoms with Crippen LogP contribution in [0.3, 0.4) is 0 Å². The molecule has 2 aliphatic rings. The highest BCUT2D eigenvalue weighted by molar-refractivity contribution is 7.85. The van der Waals surface area contributed by atoms with Gasteiger partial charge in [0.25, 0.3) is 0 Å². The number of fused-ring (bicyclic) bond motifs is 2. The Morgan fingerprint density at radius 3 is 2.40 bits per heavy atom. The van der Waals surface area contributed by atoms with Crippen molar-refractivity contribution in [2.24, 2.45) is 16.7 Å². The predicted molar refractivity (Wildman–Crippen MR) is 53.1 cm³/mol. The van der Waals surface area contributed by atoms with Crippen LogP contribution in [0.4, 0.5) is 0 Å². The van der Waals surface area contributed by atoms with Crippen LogP contribution in [-0.2, 0) is 14.9 Å². The summed E-state index contributed by atoms with van der Waals surface area (Å²) < 4.78 is 32.7. The Balaban J connectivity index is 2.45. The third-order valence-electron chi connectivity index (χ3n) is 4.56. The second-order valence-electron chi connectivity index (χ2n) is 5.37. The van der Waals surface area contributed by atoms with Gasteiger partial charge in [-0.05, 0) is 24.2 Å². The Morgan fingerprint density at radius 2 is 2.07 bits per heavy atom. The van der Waals surface area contributed by atoms with Crippen molar-refractivity contribution in [2.75, 3.05) is 5.75 Å². The molecule has 0 spiro atoms. The number of hydrogen-bond acceptors (Lipinski definition) is 4. The predicted octanol–water partition coefficient (Wildman–Crippen LogP) is 0.927. The third kappa shape index (κ3) is 1.36. The van der Waals surface area contributed by atoms with E-state index in [1.807, 2.05) is 13.8 Å². The summed E-state index contributed by atoms with van der Waals surface area (Å²) >= 11 is 0. The average molecular weight is 231 g/mol. The van der Waals surface area contributed by atoms with Gasteiger partial charge >= 0.3 is 0 Å². The van der Waals surface area contributed by atoms with E-state index in [-0.39, 0.29) is 17.1 Å². The average Bonchev–Trinajstić information content (AvgIpc) is 2.34. The molecule has 0 radical (unpaired) electrons. The molecule has 0 aromatic rings. The molecule has 0 unspecified atom stereocenters. The Kier molecular flexibility index (Phi) is 2.09. The van der Waals surface area contributed by atoms with E-state index in [0.29, 0.717) is 12.8 Å². The molecule has 86 valence electrons. The molecular formula is C10H15O4S-. The van der Waals surface area contributed by atoms with Crippen LogP contribution in [0, 0.1) is 16.7 Å². The number of rotatable bonds is 2. The van der Waals surface area contributed by atoms with Crippen LogP contribution in [0.2, 0.25) is 0 Å². The Morgan fingerprint density at radius 1 is 1.47 bits per heavy atom. The zero-order chi connectivity index (χ0) is 11.5. The van der Waals surface area contributed by atoms with E-state index >= 15 is 0 Å². The summed E-state index contributed by atoms with van der Waals surface area (Å²) in [6, 6.07) is 0. The van der Waals surface area contributed by atoms with Crippen molar-refractivity contribution in [3.05, 3.63) is 0 Å². The molecule has 0 aromatic carbocycles. The smallest absolute Gasteiger partial charge is 0.140 e. The molecular weight excluding hydrogens is 216 g/mol. The first kappa shape index (κ1) is 11.1. The lowest BCUT2D eigenvalue weighted by Gasteiger charge is -2.37. The monoisotopic (exact) mass is 231 g/mol. The van der Waals surface area contributed by atoms with Gasteiger partial charge in [0.2, 0.25) is 0 Å². The lowest BCUT2D eigenvalue weighted by atomic mass is 9.70. The summed E-state index contributed by atoms with van der Waals surface area (Å²) in [4.78, 5) is 11.8. The molecule has 2 aliphatic carbocycles. The summed E-state index contributed by atoms with van der Waals surface area (Å²) in [5, 5.41) is 0. The molecule has 2 fully saturated rings. The lowest BCUT2D eigenvalue weighted by Crippen LogP contribution is -2.42. The van der Waals surface area contributed by atoms with Crippen LogP contribution in [0.15, 0.2) is 0 Å². The molecule has 4 nitrogen and oxygen atoms in total. The molecule has 2 atom stereocenters. The van der Waals surface area contributed by atoms with Gasteiger partial charge in [-0.2, -0.15) is 0 Å². The molecule has 2 bridgehead atoms. The molecule has 0 amide bonds. The number of carbonyl (C=O) groups excluding carboxylic acids is 1. The normalized spacial score (nSPS) is 38.6. The van der Waals surface area contributed by atoms with Gasteiger partial charge in [-0.1, -0.05) is 13.8 Å². The maximum Gasteiger partial charge on any atom is 0.140 e. The van der Waals surface area contributed by atoms with Crippen LogP contribution < -0.4 is 0 Å². The van der Waals surface area contributed by atoms with E-state index in [1.54, 1.807) is 0 Å². The van der Waals surface area contributed by atoms with Crippen LogP contribution in [0.25, 0.3) is 0 Å². The fourth-order valence-electron chi connectivity index (χ4n) is 3.41. The van der Waals surface area contributed by atoms with Gasteiger partial charge in [0.1, 0.15) is 5.78 Å². The van der Waals surface area contributed by atoms with Gasteiger partial charge in [0.05, 0.1) is 15.9 Å². The third-order valence-corrected chi connectivity index (χ3v) is 5.41. The SMILES string of the molecule is CC1(C)[C@H]2CC[C@]1(CS(=O)(=O)[O-])C(=O)C2. The van der Waals surface area contributed by atoms with E-state index < -0.39 is 21.3 Å². The summed E-state index contributed by atoms with van der Waals surface area (Å²) in [5.74, 6) is -0.280. The van der Waals surface area contributed by atoms with E-state index in [1.165, 1.54) is 0 Å². The van der Waals surface area contributed by atoms with Gasteiger partial charge in [0.15, 0.2) is 0 Å². The van der Waals surface area contributed by atoms with Gasteiger partial charge < -0.3 is 4.55 Å². The minimum Gasteiger partial charge on any atom is -0.748 e. The molecule has 15 heavy (non-hydrogen) atoms. The molecule has 0 aromatic heterocycles. The van der Waals surface area contributed by atoms with Crippen molar-refractivity contribution in [2.45, 2.75) is 33.1 Å². The molecule has 2 saturated carbocycles. The summed E-state index contributed by atoms with van der Waals surface area (Å²) in [6.45, 7) is 3.83. The second-order valence-corrected chi connectivity index (χ2v) is 6.77. The lowest BCUT2D eigenvalue weighted by molar-refractivity contribution is -0.128. The van der Waals surface area contributed by atoms with Crippen molar-refractivity contribution >= 4 is 15.9 Å². The zero-order valence-corrected chi connectivity index (χ0v) is 9.76. The van der Waals surface area contributed by atoms with Crippen molar-refractivity contribution in [1.82, 2.24) is 0 Å².